The van der Waals surface area contributed by atoms with Crippen LogP contribution in [0, 0.1) is 0 Å². The fourth-order valence-electron chi connectivity index (χ4n) is 1.00. The molecule has 72 valence electrons. The van der Waals surface area contributed by atoms with Gasteiger partial charge in [0.05, 0.1) is 0 Å². The summed E-state index contributed by atoms with van der Waals surface area (Å²) in [6.45, 7) is 13.9. The summed E-state index contributed by atoms with van der Waals surface area (Å²) in [6, 6.07) is 0. The number of allylic oxidation sites excluding steroid dienone is 5. The van der Waals surface area contributed by atoms with Gasteiger partial charge < -0.3 is 0 Å². The van der Waals surface area contributed by atoms with E-state index >= 15 is 0 Å². The molecule has 0 radical (unpaired) electrons. The van der Waals surface area contributed by atoms with Crippen molar-refractivity contribution in [2.75, 3.05) is 0 Å². The lowest BCUT2D eigenvalue weighted by Crippen LogP contribution is -1.81. The first-order valence-corrected chi connectivity index (χ1v) is 5.29. The van der Waals surface area contributed by atoms with Gasteiger partial charge in [-0.25, -0.2) is 0 Å². The van der Waals surface area contributed by atoms with Crippen LogP contribution in [0.5, 0.6) is 0 Å². The first-order chi connectivity index (χ1) is 6.15. The van der Waals surface area contributed by atoms with Crippen LogP contribution < -0.4 is 0 Å². The average Bonchev–Trinajstić information content (AvgIpc) is 2.10. The largest absolute Gasteiger partial charge is 0.0979 e. The number of hydrogen-bond donors (Lipinski definition) is 0. The molecule has 0 bridgehead atoms. The molecule has 0 nitrogen and oxygen atoms in total. The van der Waals surface area contributed by atoms with E-state index in [2.05, 4.69) is 32.2 Å². The van der Waals surface area contributed by atoms with Crippen molar-refractivity contribution in [1.82, 2.24) is 0 Å². The van der Waals surface area contributed by atoms with Crippen molar-refractivity contribution in [2.45, 2.75) is 27.2 Å². The average molecular weight is 194 g/mol. The fourth-order valence-corrected chi connectivity index (χ4v) is 1.80. The van der Waals surface area contributed by atoms with Gasteiger partial charge in [-0.05, 0) is 30.7 Å². The van der Waals surface area contributed by atoms with Gasteiger partial charge in [-0.3, -0.25) is 0 Å². The molecule has 0 saturated heterocycles. The summed E-state index contributed by atoms with van der Waals surface area (Å²) in [4.78, 5) is 2.32. The molecule has 0 unspecified atom stereocenters. The fraction of sp³-hybridized carbons (Fsp3) is 0.333. The van der Waals surface area contributed by atoms with E-state index in [0.29, 0.717) is 0 Å². The summed E-state index contributed by atoms with van der Waals surface area (Å²) in [5, 5.41) is 0. The van der Waals surface area contributed by atoms with Crippen molar-refractivity contribution >= 4 is 11.8 Å². The van der Waals surface area contributed by atoms with E-state index in [0.717, 1.165) is 11.3 Å². The summed E-state index contributed by atoms with van der Waals surface area (Å²) in [7, 11) is 0. The maximum Gasteiger partial charge on any atom is 0.0144 e. The quantitative estimate of drug-likeness (QED) is 0.573. The Balaban J connectivity index is 4.81. The minimum absolute atomic E-state index is 1.03. The van der Waals surface area contributed by atoms with E-state index in [1.165, 1.54) is 10.5 Å². The molecule has 0 aliphatic heterocycles. The van der Waals surface area contributed by atoms with Crippen LogP contribution in [0.15, 0.2) is 46.8 Å². The van der Waals surface area contributed by atoms with Gasteiger partial charge in [-0.1, -0.05) is 50.1 Å². The normalized spacial score (nSPS) is 12.8. The predicted molar refractivity (Wildman–Crippen MR) is 64.7 cm³/mol. The SMILES string of the molecule is C=C/C(SC(=C)C)=C(\C=C/C)CC. The molecule has 0 aromatic heterocycles. The summed E-state index contributed by atoms with van der Waals surface area (Å²) < 4.78 is 0. The summed E-state index contributed by atoms with van der Waals surface area (Å²) >= 11 is 1.69. The molecule has 1 heteroatoms. The molecule has 0 aliphatic rings. The standard InChI is InChI=1S/C12H18S/c1-6-9-11(7-2)12(8-3)13-10(4)5/h6,8-9H,3-4,7H2,1-2,5H3/b9-6-,12-11+. The van der Waals surface area contributed by atoms with Gasteiger partial charge in [0, 0.05) is 4.91 Å². The second kappa shape index (κ2) is 6.79. The summed E-state index contributed by atoms with van der Waals surface area (Å²) in [6.07, 6.45) is 7.12. The lowest BCUT2D eigenvalue weighted by molar-refractivity contribution is 1.14. The topological polar surface area (TPSA) is 0 Å². The van der Waals surface area contributed by atoms with Gasteiger partial charge >= 0.3 is 0 Å². The second-order valence-corrected chi connectivity index (χ2v) is 4.09. The molecule has 0 N–H and O–H groups in total. The summed E-state index contributed by atoms with van der Waals surface area (Å²) in [5.41, 5.74) is 1.32. The van der Waals surface area contributed by atoms with Crippen molar-refractivity contribution in [2.24, 2.45) is 0 Å². The molecular weight excluding hydrogens is 176 g/mol. The van der Waals surface area contributed by atoms with E-state index in [4.69, 9.17) is 0 Å². The van der Waals surface area contributed by atoms with Crippen LogP contribution in [-0.4, -0.2) is 0 Å². The molecule has 0 aromatic rings. The van der Waals surface area contributed by atoms with Gasteiger partial charge in [0.15, 0.2) is 0 Å². The van der Waals surface area contributed by atoms with Crippen molar-refractivity contribution < 1.29 is 0 Å². The van der Waals surface area contributed by atoms with Gasteiger partial charge in [-0.2, -0.15) is 0 Å². The Morgan fingerprint density at radius 3 is 2.38 bits per heavy atom. The van der Waals surface area contributed by atoms with E-state index in [1.807, 2.05) is 19.9 Å². The van der Waals surface area contributed by atoms with Gasteiger partial charge in [0.1, 0.15) is 0 Å². The van der Waals surface area contributed by atoms with E-state index < -0.39 is 0 Å². The smallest absolute Gasteiger partial charge is 0.0144 e. The number of hydrogen-bond acceptors (Lipinski definition) is 1. The van der Waals surface area contributed by atoms with E-state index in [9.17, 15) is 0 Å². The molecule has 0 rings (SSSR count). The maximum absolute atomic E-state index is 3.88. The monoisotopic (exact) mass is 194 g/mol. The first kappa shape index (κ1) is 12.3. The number of rotatable bonds is 5. The minimum Gasteiger partial charge on any atom is -0.0979 e. The van der Waals surface area contributed by atoms with Crippen LogP contribution >= 0.6 is 11.8 Å². The highest BCUT2D eigenvalue weighted by Crippen LogP contribution is 2.28. The zero-order chi connectivity index (χ0) is 10.3. The van der Waals surface area contributed by atoms with Crippen LogP contribution in [0.3, 0.4) is 0 Å². The highest BCUT2D eigenvalue weighted by Gasteiger charge is 1.99. The Morgan fingerprint density at radius 1 is 1.46 bits per heavy atom. The predicted octanol–water partition coefficient (Wildman–Crippen LogP) is 4.68. The lowest BCUT2D eigenvalue weighted by Gasteiger charge is -2.06. The van der Waals surface area contributed by atoms with Crippen LogP contribution in [0.2, 0.25) is 0 Å². The third-order valence-corrected chi connectivity index (χ3v) is 2.53. The zero-order valence-corrected chi connectivity index (χ0v) is 9.58. The highest BCUT2D eigenvalue weighted by molar-refractivity contribution is 8.06. The summed E-state index contributed by atoms with van der Waals surface area (Å²) in [5.74, 6) is 0. The highest BCUT2D eigenvalue weighted by atomic mass is 32.2. The van der Waals surface area contributed by atoms with Crippen molar-refractivity contribution in [3.05, 3.63) is 46.8 Å². The Bertz CT molecular complexity index is 244. The van der Waals surface area contributed by atoms with Crippen LogP contribution in [0.1, 0.15) is 27.2 Å². The number of thioether (sulfide) groups is 1. The van der Waals surface area contributed by atoms with Crippen LogP contribution in [0.4, 0.5) is 0 Å². The molecule has 0 amide bonds. The molecular formula is C12H18S. The maximum atomic E-state index is 3.88. The zero-order valence-electron chi connectivity index (χ0n) is 8.76. The molecule has 0 atom stereocenters. The third kappa shape index (κ3) is 4.79. The molecule has 0 fully saturated rings. The minimum atomic E-state index is 1.03. The van der Waals surface area contributed by atoms with Gasteiger partial charge in [-0.15, -0.1) is 0 Å². The van der Waals surface area contributed by atoms with Gasteiger partial charge in [0.2, 0.25) is 0 Å². The molecule has 0 saturated carbocycles. The Hall–Kier alpha value is -0.690. The van der Waals surface area contributed by atoms with Crippen LogP contribution in [0.25, 0.3) is 0 Å². The van der Waals surface area contributed by atoms with E-state index in [1.54, 1.807) is 11.8 Å². The van der Waals surface area contributed by atoms with Crippen molar-refractivity contribution in [3.8, 4) is 0 Å². The van der Waals surface area contributed by atoms with Crippen molar-refractivity contribution in [3.63, 3.8) is 0 Å². The molecule has 0 heterocycles. The molecule has 0 aliphatic carbocycles. The second-order valence-electron chi connectivity index (χ2n) is 2.75. The van der Waals surface area contributed by atoms with E-state index in [-0.39, 0.29) is 0 Å². The Labute approximate surface area is 86.1 Å². The van der Waals surface area contributed by atoms with Gasteiger partial charge in [0.25, 0.3) is 0 Å². The molecule has 0 aromatic carbocycles. The molecule has 13 heavy (non-hydrogen) atoms. The van der Waals surface area contributed by atoms with Crippen molar-refractivity contribution in [1.29, 1.82) is 0 Å². The first-order valence-electron chi connectivity index (χ1n) is 4.47. The molecule has 0 spiro atoms. The third-order valence-electron chi connectivity index (χ3n) is 1.53. The van der Waals surface area contributed by atoms with Crippen LogP contribution in [-0.2, 0) is 0 Å². The Kier molecular flexibility index (Phi) is 6.43. The Morgan fingerprint density at radius 2 is 2.08 bits per heavy atom. The lowest BCUT2D eigenvalue weighted by atomic mass is 10.2.